The summed E-state index contributed by atoms with van der Waals surface area (Å²) >= 11 is 0. The van der Waals surface area contributed by atoms with Crippen molar-refractivity contribution in [2.45, 2.75) is 0 Å². The summed E-state index contributed by atoms with van der Waals surface area (Å²) in [5.74, 6) is 0. The highest BCUT2D eigenvalue weighted by Gasteiger charge is 2.22. The lowest BCUT2D eigenvalue weighted by Gasteiger charge is -2.20. The summed E-state index contributed by atoms with van der Waals surface area (Å²) in [4.78, 5) is 0. The molecule has 0 saturated carbocycles. The van der Waals surface area contributed by atoms with Gasteiger partial charge in [-0.05, 0) is 101 Å². The summed E-state index contributed by atoms with van der Waals surface area (Å²) in [6.07, 6.45) is 0. The van der Waals surface area contributed by atoms with E-state index in [4.69, 9.17) is 4.42 Å². The van der Waals surface area contributed by atoms with Crippen LogP contribution in [0.15, 0.2) is 162 Å². The summed E-state index contributed by atoms with van der Waals surface area (Å²) < 4.78 is 6.56. The Labute approximate surface area is 259 Å². The SMILES string of the molecule is c1ccc(-c2cc3cc(-c4c5ccccc5c(-c5cccc6ccccc56)c5ccccc45)c4cccc5oc(c2)c3c54)cc1. The van der Waals surface area contributed by atoms with Crippen molar-refractivity contribution < 1.29 is 4.42 Å². The first-order valence-corrected chi connectivity index (χ1v) is 15.5. The summed E-state index contributed by atoms with van der Waals surface area (Å²) in [5, 5.41) is 12.4. The molecule has 10 rings (SSSR count). The molecule has 1 heterocycles. The molecule has 0 atom stereocenters. The Morgan fingerprint density at radius 2 is 0.889 bits per heavy atom. The first kappa shape index (κ1) is 24.5. The van der Waals surface area contributed by atoms with Gasteiger partial charge in [0.2, 0.25) is 0 Å². The predicted molar refractivity (Wildman–Crippen MR) is 191 cm³/mol. The molecule has 0 unspecified atom stereocenters. The van der Waals surface area contributed by atoms with Gasteiger partial charge in [0.1, 0.15) is 11.2 Å². The molecule has 1 heteroatoms. The molecule has 0 aliphatic rings. The fourth-order valence-corrected chi connectivity index (χ4v) is 7.71. The van der Waals surface area contributed by atoms with Crippen LogP contribution in [-0.4, -0.2) is 0 Å². The van der Waals surface area contributed by atoms with Crippen LogP contribution in [0.4, 0.5) is 0 Å². The van der Waals surface area contributed by atoms with Crippen LogP contribution >= 0.6 is 0 Å². The molecule has 0 fully saturated rings. The molecule has 0 amide bonds. The summed E-state index contributed by atoms with van der Waals surface area (Å²) in [5.41, 5.74) is 9.27. The Hall–Kier alpha value is -5.92. The molecule has 45 heavy (non-hydrogen) atoms. The van der Waals surface area contributed by atoms with Gasteiger partial charge in [0.15, 0.2) is 0 Å². The zero-order chi connectivity index (χ0) is 29.5. The smallest absolute Gasteiger partial charge is 0.136 e. The Morgan fingerprint density at radius 3 is 1.62 bits per heavy atom. The van der Waals surface area contributed by atoms with Gasteiger partial charge in [0.05, 0.1) is 0 Å². The molecule has 208 valence electrons. The van der Waals surface area contributed by atoms with E-state index in [2.05, 4.69) is 158 Å². The van der Waals surface area contributed by atoms with Gasteiger partial charge in [0.25, 0.3) is 0 Å². The molecule has 1 aromatic heterocycles. The Morgan fingerprint density at radius 1 is 0.311 bits per heavy atom. The zero-order valence-corrected chi connectivity index (χ0v) is 24.4. The monoisotopic (exact) mass is 570 g/mol. The molecule has 1 nitrogen and oxygen atoms in total. The first-order chi connectivity index (χ1) is 22.3. The minimum Gasteiger partial charge on any atom is -0.456 e. The normalized spacial score (nSPS) is 12.0. The Kier molecular flexibility index (Phi) is 5.06. The number of hydrogen-bond donors (Lipinski definition) is 0. The van der Waals surface area contributed by atoms with Gasteiger partial charge >= 0.3 is 0 Å². The summed E-state index contributed by atoms with van der Waals surface area (Å²) in [7, 11) is 0. The van der Waals surface area contributed by atoms with Crippen LogP contribution in [0.2, 0.25) is 0 Å². The van der Waals surface area contributed by atoms with Gasteiger partial charge in [-0.2, -0.15) is 0 Å². The van der Waals surface area contributed by atoms with E-state index < -0.39 is 0 Å². The fraction of sp³-hybridized carbons (Fsp3) is 0. The highest BCUT2D eigenvalue weighted by Crippen LogP contribution is 2.49. The van der Waals surface area contributed by atoms with Crippen LogP contribution < -0.4 is 0 Å². The van der Waals surface area contributed by atoms with E-state index in [0.29, 0.717) is 0 Å². The van der Waals surface area contributed by atoms with E-state index >= 15 is 0 Å². The topological polar surface area (TPSA) is 13.1 Å². The highest BCUT2D eigenvalue weighted by atomic mass is 16.3. The largest absolute Gasteiger partial charge is 0.456 e. The number of furan rings is 1. The lowest BCUT2D eigenvalue weighted by Crippen LogP contribution is -1.92. The molecule has 0 radical (unpaired) electrons. The van der Waals surface area contributed by atoms with Gasteiger partial charge in [-0.1, -0.05) is 133 Å². The third kappa shape index (κ3) is 3.50. The average Bonchev–Trinajstić information content (AvgIpc) is 3.49. The quantitative estimate of drug-likeness (QED) is 0.152. The minimum atomic E-state index is 0.931. The van der Waals surface area contributed by atoms with E-state index in [9.17, 15) is 0 Å². The fourth-order valence-electron chi connectivity index (χ4n) is 7.71. The number of hydrogen-bond acceptors (Lipinski definition) is 1. The van der Waals surface area contributed by atoms with Gasteiger partial charge in [-0.15, -0.1) is 0 Å². The van der Waals surface area contributed by atoms with E-state index in [0.717, 1.165) is 16.7 Å². The molecule has 9 aromatic carbocycles. The lowest BCUT2D eigenvalue weighted by molar-refractivity contribution is 0.669. The summed E-state index contributed by atoms with van der Waals surface area (Å²) in [6.45, 7) is 0. The third-order valence-corrected chi connectivity index (χ3v) is 9.59. The second kappa shape index (κ2) is 9.29. The Balaban J connectivity index is 1.37. The predicted octanol–water partition coefficient (Wildman–Crippen LogP) is 12.6. The van der Waals surface area contributed by atoms with Crippen molar-refractivity contribution in [3.63, 3.8) is 0 Å². The maximum absolute atomic E-state index is 6.56. The van der Waals surface area contributed by atoms with Crippen LogP contribution in [0.1, 0.15) is 0 Å². The molecule has 10 aromatic rings. The average molecular weight is 571 g/mol. The van der Waals surface area contributed by atoms with Gasteiger partial charge in [0, 0.05) is 10.8 Å². The Bertz CT molecular complexity index is 2680. The van der Waals surface area contributed by atoms with Crippen LogP contribution in [0.5, 0.6) is 0 Å². The number of benzene rings is 9. The van der Waals surface area contributed by atoms with Crippen LogP contribution in [0.25, 0.3) is 98.4 Å². The van der Waals surface area contributed by atoms with Gasteiger partial charge in [-0.3, -0.25) is 0 Å². The van der Waals surface area contributed by atoms with E-state index in [1.807, 2.05) is 0 Å². The van der Waals surface area contributed by atoms with Crippen LogP contribution in [-0.2, 0) is 0 Å². The van der Waals surface area contributed by atoms with Crippen LogP contribution in [0, 0.1) is 0 Å². The lowest BCUT2D eigenvalue weighted by atomic mass is 9.83. The number of fused-ring (bicyclic) bond motifs is 3. The second-order valence-corrected chi connectivity index (χ2v) is 12.0. The maximum Gasteiger partial charge on any atom is 0.136 e. The summed E-state index contributed by atoms with van der Waals surface area (Å²) in [6, 6.07) is 57.3. The van der Waals surface area contributed by atoms with Crippen molar-refractivity contribution in [2.75, 3.05) is 0 Å². The highest BCUT2D eigenvalue weighted by molar-refractivity contribution is 6.30. The molecule has 0 aliphatic carbocycles. The third-order valence-electron chi connectivity index (χ3n) is 9.59. The standard InChI is InChI=1S/C44H26O/c1-2-12-27(13-3-1)29-24-30-25-38(37-22-11-23-39-44(37)41(30)40(26-29)45-39)43-35-19-8-6-17-33(35)42(34-18-7-9-20-36(34)43)32-21-10-15-28-14-4-5-16-31(28)32/h1-26H. The molecule has 0 aliphatic heterocycles. The van der Waals surface area contributed by atoms with Crippen molar-refractivity contribution in [1.82, 2.24) is 0 Å². The van der Waals surface area contributed by atoms with Crippen LogP contribution in [0.3, 0.4) is 0 Å². The molecule has 0 saturated heterocycles. The molecule has 0 N–H and O–H groups in total. The van der Waals surface area contributed by atoms with Gasteiger partial charge in [-0.25, -0.2) is 0 Å². The van der Waals surface area contributed by atoms with E-state index in [1.165, 1.54) is 81.7 Å². The molecular formula is C44H26O. The first-order valence-electron chi connectivity index (χ1n) is 15.5. The zero-order valence-electron chi connectivity index (χ0n) is 24.4. The van der Waals surface area contributed by atoms with E-state index in [-0.39, 0.29) is 0 Å². The van der Waals surface area contributed by atoms with E-state index in [1.54, 1.807) is 0 Å². The minimum absolute atomic E-state index is 0.931. The van der Waals surface area contributed by atoms with Crippen molar-refractivity contribution in [3.8, 4) is 33.4 Å². The molecular weight excluding hydrogens is 544 g/mol. The van der Waals surface area contributed by atoms with Crippen molar-refractivity contribution >= 4 is 65.0 Å². The van der Waals surface area contributed by atoms with Crippen molar-refractivity contribution in [3.05, 3.63) is 158 Å². The van der Waals surface area contributed by atoms with Gasteiger partial charge < -0.3 is 4.42 Å². The molecule has 0 bridgehead atoms. The molecule has 0 spiro atoms. The second-order valence-electron chi connectivity index (χ2n) is 12.0. The van der Waals surface area contributed by atoms with Crippen molar-refractivity contribution in [1.29, 1.82) is 0 Å². The maximum atomic E-state index is 6.56. The van der Waals surface area contributed by atoms with Crippen molar-refractivity contribution in [2.24, 2.45) is 0 Å². The number of rotatable bonds is 3.